The van der Waals surface area contributed by atoms with Crippen molar-refractivity contribution >= 4 is 27.7 Å². The van der Waals surface area contributed by atoms with E-state index < -0.39 is 0 Å². The van der Waals surface area contributed by atoms with E-state index in [2.05, 4.69) is 21.2 Å². The topological polar surface area (TPSA) is 46.2 Å². The Bertz CT molecular complexity index is 431. The van der Waals surface area contributed by atoms with Crippen LogP contribution in [0.2, 0.25) is 0 Å². The van der Waals surface area contributed by atoms with Gasteiger partial charge in [0.2, 0.25) is 11.8 Å². The molecule has 1 aliphatic heterocycles. The molecular formula is C12H12BrNO2. The summed E-state index contributed by atoms with van der Waals surface area (Å²) in [5.41, 5.74) is 1.11. The first kappa shape index (κ1) is 11.3. The Morgan fingerprint density at radius 2 is 2.06 bits per heavy atom. The lowest BCUT2D eigenvalue weighted by Gasteiger charge is -2.21. The zero-order valence-corrected chi connectivity index (χ0v) is 10.3. The highest BCUT2D eigenvalue weighted by Crippen LogP contribution is 2.23. The van der Waals surface area contributed by atoms with Crippen molar-refractivity contribution < 1.29 is 9.59 Å². The van der Waals surface area contributed by atoms with E-state index in [9.17, 15) is 9.59 Å². The predicted octanol–water partition coefficient (Wildman–Crippen LogP) is 2.04. The van der Waals surface area contributed by atoms with Gasteiger partial charge in [-0.3, -0.25) is 14.9 Å². The van der Waals surface area contributed by atoms with Crippen LogP contribution in [0.1, 0.15) is 18.4 Å². The van der Waals surface area contributed by atoms with E-state index in [-0.39, 0.29) is 17.7 Å². The summed E-state index contributed by atoms with van der Waals surface area (Å²) in [7, 11) is 0. The molecule has 16 heavy (non-hydrogen) atoms. The number of carbonyl (C=O) groups is 2. The lowest BCUT2D eigenvalue weighted by atomic mass is 9.91. The average molecular weight is 282 g/mol. The maximum Gasteiger partial charge on any atom is 0.230 e. The third-order valence-corrected chi connectivity index (χ3v) is 3.55. The molecule has 1 fully saturated rings. The number of nitrogens with one attached hydrogen (secondary N) is 1. The van der Waals surface area contributed by atoms with E-state index in [4.69, 9.17) is 0 Å². The zero-order valence-electron chi connectivity index (χ0n) is 8.70. The van der Waals surface area contributed by atoms with Crippen LogP contribution in [0, 0.1) is 5.92 Å². The quantitative estimate of drug-likeness (QED) is 0.844. The minimum absolute atomic E-state index is 0.0867. The van der Waals surface area contributed by atoms with Crippen molar-refractivity contribution in [1.82, 2.24) is 5.32 Å². The Labute approximate surface area is 102 Å². The first-order chi connectivity index (χ1) is 7.66. The molecule has 0 spiro atoms. The van der Waals surface area contributed by atoms with E-state index in [0.717, 1.165) is 10.0 Å². The number of piperidine rings is 1. The van der Waals surface area contributed by atoms with Gasteiger partial charge in [-0.05, 0) is 24.5 Å². The smallest absolute Gasteiger partial charge is 0.230 e. The van der Waals surface area contributed by atoms with E-state index >= 15 is 0 Å². The monoisotopic (exact) mass is 281 g/mol. The fraction of sp³-hybridized carbons (Fsp3) is 0.333. The third-order valence-electron chi connectivity index (χ3n) is 2.78. The minimum atomic E-state index is -0.159. The Morgan fingerprint density at radius 1 is 1.31 bits per heavy atom. The maximum atomic E-state index is 11.6. The third kappa shape index (κ3) is 2.50. The highest BCUT2D eigenvalue weighted by molar-refractivity contribution is 9.10. The van der Waals surface area contributed by atoms with Gasteiger partial charge in [-0.25, -0.2) is 0 Å². The summed E-state index contributed by atoms with van der Waals surface area (Å²) in [6, 6.07) is 7.85. The Balaban J connectivity index is 2.08. The number of carbonyl (C=O) groups excluding carboxylic acids is 2. The highest BCUT2D eigenvalue weighted by atomic mass is 79.9. The number of imide groups is 1. The molecule has 0 aliphatic carbocycles. The summed E-state index contributed by atoms with van der Waals surface area (Å²) >= 11 is 3.46. The zero-order chi connectivity index (χ0) is 11.5. The minimum Gasteiger partial charge on any atom is -0.296 e. The van der Waals surface area contributed by atoms with Crippen LogP contribution in [0.4, 0.5) is 0 Å². The number of hydrogen-bond acceptors (Lipinski definition) is 2. The van der Waals surface area contributed by atoms with Crippen LogP contribution in [-0.4, -0.2) is 11.8 Å². The van der Waals surface area contributed by atoms with Crippen LogP contribution in [-0.2, 0) is 16.0 Å². The molecule has 4 heteroatoms. The summed E-state index contributed by atoms with van der Waals surface area (Å²) in [6.45, 7) is 0. The molecule has 0 unspecified atom stereocenters. The van der Waals surface area contributed by atoms with Crippen LogP contribution in [0.25, 0.3) is 0 Å². The summed E-state index contributed by atoms with van der Waals surface area (Å²) in [5, 5.41) is 2.38. The molecule has 1 atom stereocenters. The second-order valence-corrected chi connectivity index (χ2v) is 4.80. The SMILES string of the molecule is O=C1CC[C@@H](Cc2ccccc2Br)C(=O)N1. The predicted molar refractivity (Wildman–Crippen MR) is 63.7 cm³/mol. The molecule has 2 rings (SSSR count). The molecular weight excluding hydrogens is 270 g/mol. The fourth-order valence-corrected chi connectivity index (χ4v) is 2.31. The van der Waals surface area contributed by atoms with Crippen LogP contribution >= 0.6 is 15.9 Å². The average Bonchev–Trinajstić information content (AvgIpc) is 2.25. The summed E-state index contributed by atoms with van der Waals surface area (Å²) < 4.78 is 1.01. The molecule has 0 bridgehead atoms. The molecule has 0 radical (unpaired) electrons. The van der Waals surface area contributed by atoms with Gasteiger partial charge in [0.05, 0.1) is 0 Å². The molecule has 84 valence electrons. The Hall–Kier alpha value is -1.16. The van der Waals surface area contributed by atoms with Gasteiger partial charge >= 0.3 is 0 Å². The molecule has 0 saturated carbocycles. The van der Waals surface area contributed by atoms with Crippen LogP contribution in [0.3, 0.4) is 0 Å². The number of benzene rings is 1. The van der Waals surface area contributed by atoms with Crippen molar-refractivity contribution in [2.24, 2.45) is 5.92 Å². The van der Waals surface area contributed by atoms with Gasteiger partial charge in [-0.1, -0.05) is 34.1 Å². The van der Waals surface area contributed by atoms with Gasteiger partial charge in [0.15, 0.2) is 0 Å². The molecule has 1 aromatic rings. The Morgan fingerprint density at radius 3 is 2.75 bits per heavy atom. The van der Waals surface area contributed by atoms with Crippen molar-refractivity contribution in [2.75, 3.05) is 0 Å². The number of rotatable bonds is 2. The van der Waals surface area contributed by atoms with Crippen molar-refractivity contribution in [3.05, 3.63) is 34.3 Å². The lowest BCUT2D eigenvalue weighted by Crippen LogP contribution is -2.41. The summed E-state index contributed by atoms with van der Waals surface area (Å²) in [6.07, 6.45) is 1.77. The normalized spacial score (nSPS) is 20.7. The van der Waals surface area contributed by atoms with Gasteiger partial charge in [-0.2, -0.15) is 0 Å². The number of hydrogen-bond donors (Lipinski definition) is 1. The maximum absolute atomic E-state index is 11.6. The van der Waals surface area contributed by atoms with Crippen molar-refractivity contribution in [3.63, 3.8) is 0 Å². The van der Waals surface area contributed by atoms with Gasteiger partial charge < -0.3 is 0 Å². The molecule has 2 amide bonds. The Kier molecular flexibility index (Phi) is 3.39. The first-order valence-corrected chi connectivity index (χ1v) is 6.03. The highest BCUT2D eigenvalue weighted by Gasteiger charge is 2.26. The van der Waals surface area contributed by atoms with Crippen LogP contribution in [0.15, 0.2) is 28.7 Å². The summed E-state index contributed by atoms with van der Waals surface area (Å²) in [4.78, 5) is 22.6. The fourth-order valence-electron chi connectivity index (χ4n) is 1.86. The molecule has 1 heterocycles. The van der Waals surface area contributed by atoms with Gasteiger partial charge in [-0.15, -0.1) is 0 Å². The molecule has 1 aromatic carbocycles. The second kappa shape index (κ2) is 4.78. The lowest BCUT2D eigenvalue weighted by molar-refractivity contribution is -0.136. The first-order valence-electron chi connectivity index (χ1n) is 5.24. The van der Waals surface area contributed by atoms with Crippen molar-refractivity contribution in [1.29, 1.82) is 0 Å². The molecule has 0 aromatic heterocycles. The van der Waals surface area contributed by atoms with Gasteiger partial charge in [0, 0.05) is 16.8 Å². The largest absolute Gasteiger partial charge is 0.296 e. The van der Waals surface area contributed by atoms with Gasteiger partial charge in [0.1, 0.15) is 0 Å². The van der Waals surface area contributed by atoms with E-state index in [1.54, 1.807) is 0 Å². The standard InChI is InChI=1S/C12H12BrNO2/c13-10-4-2-1-3-8(10)7-9-5-6-11(15)14-12(9)16/h1-4,9H,5-7H2,(H,14,15,16)/t9-/m0/s1. The number of amides is 2. The molecule has 1 saturated heterocycles. The van der Waals surface area contributed by atoms with Crippen LogP contribution < -0.4 is 5.32 Å². The van der Waals surface area contributed by atoms with Crippen LogP contribution in [0.5, 0.6) is 0 Å². The molecule has 1 aliphatic rings. The van der Waals surface area contributed by atoms with E-state index in [1.807, 2.05) is 24.3 Å². The number of halogens is 1. The van der Waals surface area contributed by atoms with E-state index in [0.29, 0.717) is 19.3 Å². The second-order valence-electron chi connectivity index (χ2n) is 3.94. The summed E-state index contributed by atoms with van der Waals surface area (Å²) in [5.74, 6) is -0.392. The van der Waals surface area contributed by atoms with Gasteiger partial charge in [0.25, 0.3) is 0 Å². The van der Waals surface area contributed by atoms with Crippen molar-refractivity contribution in [3.8, 4) is 0 Å². The molecule has 3 nitrogen and oxygen atoms in total. The van der Waals surface area contributed by atoms with E-state index in [1.165, 1.54) is 0 Å². The van der Waals surface area contributed by atoms with Crippen molar-refractivity contribution in [2.45, 2.75) is 19.3 Å². The molecule has 1 N–H and O–H groups in total.